The van der Waals surface area contributed by atoms with Crippen LogP contribution in [0.1, 0.15) is 46.3 Å². The molecule has 0 fully saturated rings. The van der Waals surface area contributed by atoms with Crippen LogP contribution in [0.4, 0.5) is 5.69 Å². The van der Waals surface area contributed by atoms with Crippen LogP contribution in [-0.4, -0.2) is 30.0 Å². The Morgan fingerprint density at radius 1 is 1.11 bits per heavy atom. The number of benzene rings is 2. The second kappa shape index (κ2) is 8.61. The minimum atomic E-state index is -0.393. The van der Waals surface area contributed by atoms with Crippen molar-refractivity contribution >= 4 is 35.1 Å². The van der Waals surface area contributed by atoms with Gasteiger partial charge in [-0.25, -0.2) is 0 Å². The lowest BCUT2D eigenvalue weighted by Gasteiger charge is -2.07. The van der Waals surface area contributed by atoms with Crippen LogP contribution in [-0.2, 0) is 14.3 Å². The Morgan fingerprint density at radius 2 is 1.89 bits per heavy atom. The number of carbonyl (C=O) groups excluding carboxylic acids is 3. The zero-order valence-corrected chi connectivity index (χ0v) is 17.0. The highest BCUT2D eigenvalue weighted by Crippen LogP contribution is 2.32. The molecule has 1 amide bonds. The van der Waals surface area contributed by atoms with Crippen LogP contribution in [0.3, 0.4) is 0 Å². The van der Waals surface area contributed by atoms with E-state index in [-0.39, 0.29) is 30.6 Å². The SMILES string of the molecule is Cc1ccc(SCCC(=O)OCC(=O)c2ccc3c(c2)[C@H](C)C(=O)N3)cc1C. The Balaban J connectivity index is 1.46. The maximum absolute atomic E-state index is 12.3. The summed E-state index contributed by atoms with van der Waals surface area (Å²) in [5.74, 6) is -0.430. The first kappa shape index (κ1) is 20.1. The van der Waals surface area contributed by atoms with Crippen molar-refractivity contribution in [3.63, 3.8) is 0 Å². The van der Waals surface area contributed by atoms with Crippen molar-refractivity contribution in [2.45, 2.75) is 38.0 Å². The molecular formula is C22H23NO4S. The molecule has 1 atom stereocenters. The molecule has 0 unspecified atom stereocenters. The van der Waals surface area contributed by atoms with Gasteiger partial charge in [0.1, 0.15) is 0 Å². The summed E-state index contributed by atoms with van der Waals surface area (Å²) in [5.41, 5.74) is 4.43. The number of ether oxygens (including phenoxy) is 1. The summed E-state index contributed by atoms with van der Waals surface area (Å²) in [6.07, 6.45) is 0.241. The number of hydrogen-bond donors (Lipinski definition) is 1. The highest BCUT2D eigenvalue weighted by molar-refractivity contribution is 7.99. The molecule has 2 aromatic rings. The first-order chi connectivity index (χ1) is 13.3. The number of amides is 1. The summed E-state index contributed by atoms with van der Waals surface area (Å²) < 4.78 is 5.12. The number of hydrogen-bond acceptors (Lipinski definition) is 5. The Hall–Kier alpha value is -2.60. The molecule has 0 bridgehead atoms. The van der Waals surface area contributed by atoms with E-state index < -0.39 is 5.97 Å². The molecule has 1 aliphatic heterocycles. The van der Waals surface area contributed by atoms with Gasteiger partial charge in [-0.05, 0) is 67.8 Å². The summed E-state index contributed by atoms with van der Waals surface area (Å²) >= 11 is 1.59. The van der Waals surface area contributed by atoms with Crippen molar-refractivity contribution < 1.29 is 19.1 Å². The average Bonchev–Trinajstić information content (AvgIpc) is 2.96. The maximum Gasteiger partial charge on any atom is 0.307 e. The van der Waals surface area contributed by atoms with Gasteiger partial charge >= 0.3 is 5.97 Å². The van der Waals surface area contributed by atoms with Gasteiger partial charge in [-0.1, -0.05) is 6.07 Å². The molecule has 5 nitrogen and oxygen atoms in total. The van der Waals surface area contributed by atoms with Crippen LogP contribution < -0.4 is 5.32 Å². The van der Waals surface area contributed by atoms with Gasteiger partial charge in [0.25, 0.3) is 0 Å². The third kappa shape index (κ3) is 4.62. The van der Waals surface area contributed by atoms with Crippen molar-refractivity contribution in [3.05, 3.63) is 58.7 Å². The number of anilines is 1. The molecule has 1 heterocycles. The second-order valence-electron chi connectivity index (χ2n) is 6.94. The van der Waals surface area contributed by atoms with Crippen LogP contribution in [0.15, 0.2) is 41.3 Å². The van der Waals surface area contributed by atoms with E-state index in [2.05, 4.69) is 31.3 Å². The lowest BCUT2D eigenvalue weighted by Crippen LogP contribution is -2.14. The molecule has 3 rings (SSSR count). The van der Waals surface area contributed by atoms with E-state index in [9.17, 15) is 14.4 Å². The summed E-state index contributed by atoms with van der Waals surface area (Å²) in [4.78, 5) is 37.1. The van der Waals surface area contributed by atoms with Gasteiger partial charge in [-0.15, -0.1) is 11.8 Å². The van der Waals surface area contributed by atoms with Crippen LogP contribution in [0.5, 0.6) is 0 Å². The summed E-state index contributed by atoms with van der Waals surface area (Å²) in [7, 11) is 0. The van der Waals surface area contributed by atoms with E-state index >= 15 is 0 Å². The largest absolute Gasteiger partial charge is 0.457 e. The molecule has 2 aromatic carbocycles. The number of aryl methyl sites for hydroxylation is 2. The molecule has 28 heavy (non-hydrogen) atoms. The number of thioether (sulfide) groups is 1. The third-order valence-corrected chi connectivity index (χ3v) is 5.90. The molecule has 6 heteroatoms. The topological polar surface area (TPSA) is 72.5 Å². The number of nitrogens with one attached hydrogen (secondary N) is 1. The van der Waals surface area contributed by atoms with Gasteiger partial charge in [0.15, 0.2) is 12.4 Å². The van der Waals surface area contributed by atoms with Gasteiger partial charge in [-0.2, -0.15) is 0 Å². The van der Waals surface area contributed by atoms with E-state index in [1.54, 1.807) is 36.9 Å². The average molecular weight is 397 g/mol. The van der Waals surface area contributed by atoms with Crippen LogP contribution >= 0.6 is 11.8 Å². The molecule has 0 saturated carbocycles. The number of fused-ring (bicyclic) bond motifs is 1. The molecule has 146 valence electrons. The van der Waals surface area contributed by atoms with E-state index in [0.717, 1.165) is 16.1 Å². The smallest absolute Gasteiger partial charge is 0.307 e. The Morgan fingerprint density at radius 3 is 2.64 bits per heavy atom. The molecule has 1 aliphatic rings. The van der Waals surface area contributed by atoms with Gasteiger partial charge < -0.3 is 10.1 Å². The highest BCUT2D eigenvalue weighted by atomic mass is 32.2. The van der Waals surface area contributed by atoms with Gasteiger partial charge in [0.2, 0.25) is 5.91 Å². The lowest BCUT2D eigenvalue weighted by atomic mass is 9.99. The summed E-state index contributed by atoms with van der Waals surface area (Å²) in [6.45, 7) is 5.63. The Bertz CT molecular complexity index is 938. The molecule has 0 aromatic heterocycles. The van der Waals surface area contributed by atoms with Crippen LogP contribution in [0.25, 0.3) is 0 Å². The highest BCUT2D eigenvalue weighted by Gasteiger charge is 2.27. The molecule has 0 aliphatic carbocycles. The monoisotopic (exact) mass is 397 g/mol. The summed E-state index contributed by atoms with van der Waals surface area (Å²) in [5, 5.41) is 2.77. The standard InChI is InChI=1S/C22H23NO4S/c1-13-4-6-17(10-14(13)2)28-9-8-21(25)27-12-20(24)16-5-7-19-18(11-16)15(3)22(26)23-19/h4-7,10-11,15H,8-9,12H2,1-3H3,(H,23,26)/t15-/m0/s1. The zero-order chi connectivity index (χ0) is 20.3. The maximum atomic E-state index is 12.3. The lowest BCUT2D eigenvalue weighted by molar-refractivity contribution is -0.142. The predicted octanol–water partition coefficient (Wildman–Crippen LogP) is 4.27. The minimum Gasteiger partial charge on any atom is -0.457 e. The van der Waals surface area contributed by atoms with Crippen molar-refractivity contribution in [1.29, 1.82) is 0 Å². The fraction of sp³-hybridized carbons (Fsp3) is 0.318. The van der Waals surface area contributed by atoms with E-state index in [1.165, 1.54) is 11.1 Å². The van der Waals surface area contributed by atoms with Gasteiger partial charge in [0.05, 0.1) is 12.3 Å². The fourth-order valence-corrected chi connectivity index (χ4v) is 3.88. The molecule has 0 spiro atoms. The quantitative estimate of drug-likeness (QED) is 0.429. The van der Waals surface area contributed by atoms with Crippen molar-refractivity contribution in [3.8, 4) is 0 Å². The van der Waals surface area contributed by atoms with Crippen molar-refractivity contribution in [2.75, 3.05) is 17.7 Å². The number of carbonyl (C=O) groups is 3. The van der Waals surface area contributed by atoms with Gasteiger partial charge in [0, 0.05) is 21.9 Å². The Kier molecular flexibility index (Phi) is 6.19. The number of Topliss-reactive ketones (excluding diaryl/α,β-unsaturated/α-hetero) is 1. The minimum absolute atomic E-state index is 0.0766. The van der Waals surface area contributed by atoms with Crippen LogP contribution in [0, 0.1) is 13.8 Å². The number of rotatable bonds is 7. The first-order valence-electron chi connectivity index (χ1n) is 9.19. The third-order valence-electron chi connectivity index (χ3n) is 4.91. The molecular weight excluding hydrogens is 374 g/mol. The first-order valence-corrected chi connectivity index (χ1v) is 10.2. The predicted molar refractivity (Wildman–Crippen MR) is 110 cm³/mol. The van der Waals surface area contributed by atoms with Crippen molar-refractivity contribution in [1.82, 2.24) is 0 Å². The molecule has 1 N–H and O–H groups in total. The number of ketones is 1. The zero-order valence-electron chi connectivity index (χ0n) is 16.2. The Labute approximate surface area is 168 Å². The fourth-order valence-electron chi connectivity index (χ4n) is 2.95. The van der Waals surface area contributed by atoms with E-state index in [1.807, 2.05) is 6.07 Å². The normalized spacial score (nSPS) is 15.1. The molecule has 0 saturated heterocycles. The van der Waals surface area contributed by atoms with Crippen LogP contribution in [0.2, 0.25) is 0 Å². The van der Waals surface area contributed by atoms with Gasteiger partial charge in [-0.3, -0.25) is 14.4 Å². The number of esters is 1. The second-order valence-corrected chi connectivity index (χ2v) is 8.11. The van der Waals surface area contributed by atoms with Crippen molar-refractivity contribution in [2.24, 2.45) is 0 Å². The summed E-state index contributed by atoms with van der Waals surface area (Å²) in [6, 6.07) is 11.3. The molecule has 0 radical (unpaired) electrons. The van der Waals surface area contributed by atoms with E-state index in [0.29, 0.717) is 11.3 Å². The van der Waals surface area contributed by atoms with E-state index in [4.69, 9.17) is 4.74 Å².